The van der Waals surface area contributed by atoms with Crippen LogP contribution in [-0.2, 0) is 9.53 Å². The number of hydrogen-bond acceptors (Lipinski definition) is 3. The normalized spacial score (nSPS) is 28.5. The number of nitrogens with one attached hydrogen (secondary N) is 1. The topological polar surface area (TPSA) is 41.6 Å². The standard InChI is InChI=1S/C11H20N2O2/c14-11(10-9-12-5-8-15-10)13-6-3-1-2-4-7-13/h10,12H,1-9H2. The number of nitrogens with zero attached hydrogens (tertiary/aromatic N) is 1. The van der Waals surface area contributed by atoms with E-state index in [9.17, 15) is 4.79 Å². The van der Waals surface area contributed by atoms with Crippen molar-refractivity contribution in [3.63, 3.8) is 0 Å². The third-order valence-corrected chi connectivity index (χ3v) is 3.12. The summed E-state index contributed by atoms with van der Waals surface area (Å²) in [7, 11) is 0. The third kappa shape index (κ3) is 2.92. The molecule has 2 fully saturated rings. The smallest absolute Gasteiger partial charge is 0.253 e. The highest BCUT2D eigenvalue weighted by molar-refractivity contribution is 5.81. The summed E-state index contributed by atoms with van der Waals surface area (Å²) in [4.78, 5) is 14.0. The molecule has 0 aliphatic carbocycles. The van der Waals surface area contributed by atoms with Crippen molar-refractivity contribution in [1.29, 1.82) is 0 Å². The van der Waals surface area contributed by atoms with Gasteiger partial charge >= 0.3 is 0 Å². The summed E-state index contributed by atoms with van der Waals surface area (Å²) < 4.78 is 5.48. The first-order valence-electron chi connectivity index (χ1n) is 5.99. The predicted octanol–water partition coefficient (Wildman–Crippen LogP) is 0.377. The van der Waals surface area contributed by atoms with Crippen molar-refractivity contribution >= 4 is 5.91 Å². The van der Waals surface area contributed by atoms with Crippen LogP contribution in [0.3, 0.4) is 0 Å². The van der Waals surface area contributed by atoms with Gasteiger partial charge in [-0.1, -0.05) is 12.8 Å². The van der Waals surface area contributed by atoms with Crippen LogP contribution in [0.2, 0.25) is 0 Å². The van der Waals surface area contributed by atoms with Crippen molar-refractivity contribution in [2.75, 3.05) is 32.8 Å². The number of rotatable bonds is 1. The van der Waals surface area contributed by atoms with Crippen molar-refractivity contribution in [1.82, 2.24) is 10.2 Å². The Kier molecular flexibility index (Phi) is 3.97. The lowest BCUT2D eigenvalue weighted by molar-refractivity contribution is -0.145. The minimum Gasteiger partial charge on any atom is -0.366 e. The maximum atomic E-state index is 12.1. The average molecular weight is 212 g/mol. The first-order valence-corrected chi connectivity index (χ1v) is 5.99. The summed E-state index contributed by atoms with van der Waals surface area (Å²) in [6, 6.07) is 0. The van der Waals surface area contributed by atoms with E-state index in [0.29, 0.717) is 13.2 Å². The Hall–Kier alpha value is -0.610. The molecular weight excluding hydrogens is 192 g/mol. The molecule has 0 bridgehead atoms. The van der Waals surface area contributed by atoms with Crippen LogP contribution in [0.1, 0.15) is 25.7 Å². The molecule has 0 aromatic rings. The number of amides is 1. The Labute approximate surface area is 91.0 Å². The molecule has 4 nitrogen and oxygen atoms in total. The predicted molar refractivity (Wildman–Crippen MR) is 57.7 cm³/mol. The largest absolute Gasteiger partial charge is 0.366 e. The molecule has 86 valence electrons. The lowest BCUT2D eigenvalue weighted by Gasteiger charge is -2.28. The fraction of sp³-hybridized carbons (Fsp3) is 0.909. The van der Waals surface area contributed by atoms with Crippen LogP contribution in [0.5, 0.6) is 0 Å². The lowest BCUT2D eigenvalue weighted by atomic mass is 10.2. The fourth-order valence-corrected chi connectivity index (χ4v) is 2.22. The number of likely N-dealkylation sites (tertiary alicyclic amines) is 1. The Morgan fingerprint density at radius 3 is 2.53 bits per heavy atom. The molecule has 2 aliphatic heterocycles. The number of ether oxygens (including phenoxy) is 1. The molecule has 0 saturated carbocycles. The molecule has 0 aromatic carbocycles. The fourth-order valence-electron chi connectivity index (χ4n) is 2.22. The Morgan fingerprint density at radius 2 is 1.93 bits per heavy atom. The second kappa shape index (κ2) is 5.47. The number of morpholine rings is 1. The van der Waals surface area contributed by atoms with Crippen molar-refractivity contribution in [2.45, 2.75) is 31.8 Å². The summed E-state index contributed by atoms with van der Waals surface area (Å²) in [5.74, 6) is 0.184. The molecule has 1 N–H and O–H groups in total. The van der Waals surface area contributed by atoms with Gasteiger partial charge in [0.25, 0.3) is 5.91 Å². The van der Waals surface area contributed by atoms with Gasteiger partial charge in [-0.2, -0.15) is 0 Å². The minimum atomic E-state index is -0.239. The van der Waals surface area contributed by atoms with E-state index < -0.39 is 0 Å². The van der Waals surface area contributed by atoms with Crippen molar-refractivity contribution in [2.24, 2.45) is 0 Å². The van der Waals surface area contributed by atoms with Crippen molar-refractivity contribution in [3.05, 3.63) is 0 Å². The number of hydrogen-bond donors (Lipinski definition) is 1. The summed E-state index contributed by atoms with van der Waals surface area (Å²) in [5, 5.41) is 3.20. The zero-order chi connectivity index (χ0) is 10.5. The molecule has 15 heavy (non-hydrogen) atoms. The van der Waals surface area contributed by atoms with Gasteiger partial charge in [-0.05, 0) is 12.8 Å². The van der Waals surface area contributed by atoms with E-state index in [-0.39, 0.29) is 12.0 Å². The van der Waals surface area contributed by atoms with E-state index in [1.54, 1.807) is 0 Å². The number of carbonyl (C=O) groups excluding carboxylic acids is 1. The Balaban J connectivity index is 1.87. The van der Waals surface area contributed by atoms with Gasteiger partial charge in [0.1, 0.15) is 6.10 Å². The number of carbonyl (C=O) groups is 1. The first kappa shape index (κ1) is 10.9. The maximum absolute atomic E-state index is 12.1. The van der Waals surface area contributed by atoms with E-state index in [4.69, 9.17) is 4.74 Å². The quantitative estimate of drug-likeness (QED) is 0.683. The summed E-state index contributed by atoms with van der Waals surface area (Å²) >= 11 is 0. The highest BCUT2D eigenvalue weighted by atomic mass is 16.5. The zero-order valence-electron chi connectivity index (χ0n) is 9.21. The molecule has 2 rings (SSSR count). The van der Waals surface area contributed by atoms with Gasteiger partial charge in [0, 0.05) is 26.2 Å². The van der Waals surface area contributed by atoms with Crippen LogP contribution in [0, 0.1) is 0 Å². The van der Waals surface area contributed by atoms with Crippen molar-refractivity contribution in [3.8, 4) is 0 Å². The second-order valence-corrected chi connectivity index (χ2v) is 4.30. The molecule has 2 aliphatic rings. The minimum absolute atomic E-state index is 0.184. The highest BCUT2D eigenvalue weighted by Gasteiger charge is 2.26. The molecular formula is C11H20N2O2. The van der Waals surface area contributed by atoms with Crippen LogP contribution in [0.4, 0.5) is 0 Å². The van der Waals surface area contributed by atoms with Crippen molar-refractivity contribution < 1.29 is 9.53 Å². The maximum Gasteiger partial charge on any atom is 0.253 e. The molecule has 2 heterocycles. The van der Waals surface area contributed by atoms with E-state index >= 15 is 0 Å². The monoisotopic (exact) mass is 212 g/mol. The van der Waals surface area contributed by atoms with Crippen LogP contribution in [0.15, 0.2) is 0 Å². The highest BCUT2D eigenvalue weighted by Crippen LogP contribution is 2.12. The van der Waals surface area contributed by atoms with Gasteiger partial charge in [0.15, 0.2) is 0 Å². The van der Waals surface area contributed by atoms with Gasteiger partial charge in [0.2, 0.25) is 0 Å². The van der Waals surface area contributed by atoms with E-state index in [1.165, 1.54) is 12.8 Å². The van der Waals surface area contributed by atoms with Crippen LogP contribution in [0.25, 0.3) is 0 Å². The van der Waals surface area contributed by atoms with Crippen LogP contribution >= 0.6 is 0 Å². The van der Waals surface area contributed by atoms with Crippen LogP contribution in [-0.4, -0.2) is 49.7 Å². The van der Waals surface area contributed by atoms with Crippen LogP contribution < -0.4 is 5.32 Å². The Bertz CT molecular complexity index is 207. The summed E-state index contributed by atoms with van der Waals surface area (Å²) in [6.07, 6.45) is 4.57. The van der Waals surface area contributed by atoms with Gasteiger partial charge < -0.3 is 15.0 Å². The molecule has 1 unspecified atom stereocenters. The average Bonchev–Trinajstić information content (AvgIpc) is 2.58. The van der Waals surface area contributed by atoms with E-state index in [0.717, 1.165) is 32.5 Å². The van der Waals surface area contributed by atoms with E-state index in [1.807, 2.05) is 4.90 Å². The first-order chi connectivity index (χ1) is 7.38. The van der Waals surface area contributed by atoms with Gasteiger partial charge in [0.05, 0.1) is 6.61 Å². The molecule has 4 heteroatoms. The second-order valence-electron chi connectivity index (χ2n) is 4.30. The molecule has 2 saturated heterocycles. The molecule has 1 amide bonds. The SMILES string of the molecule is O=C(C1CNCCO1)N1CCCCCC1. The summed E-state index contributed by atoms with van der Waals surface area (Å²) in [5.41, 5.74) is 0. The molecule has 1 atom stereocenters. The molecule has 0 radical (unpaired) electrons. The lowest BCUT2D eigenvalue weighted by Crippen LogP contribution is -2.49. The zero-order valence-corrected chi connectivity index (χ0v) is 9.21. The van der Waals surface area contributed by atoms with Gasteiger partial charge in [-0.15, -0.1) is 0 Å². The van der Waals surface area contributed by atoms with Gasteiger partial charge in [-0.25, -0.2) is 0 Å². The molecule has 0 aromatic heterocycles. The van der Waals surface area contributed by atoms with E-state index in [2.05, 4.69) is 5.32 Å². The molecule has 0 spiro atoms. The summed E-state index contributed by atoms with van der Waals surface area (Å²) in [6.45, 7) is 4.03. The third-order valence-electron chi connectivity index (χ3n) is 3.12. The van der Waals surface area contributed by atoms with Gasteiger partial charge in [-0.3, -0.25) is 4.79 Å². The Morgan fingerprint density at radius 1 is 1.20 bits per heavy atom.